The minimum absolute atomic E-state index is 0.00491. The summed E-state index contributed by atoms with van der Waals surface area (Å²) in [6.45, 7) is 3.67. The lowest BCUT2D eigenvalue weighted by atomic mass is 10.1. The van der Waals surface area contributed by atoms with Crippen LogP contribution in [0.25, 0.3) is 11.0 Å². The van der Waals surface area contributed by atoms with Crippen LogP contribution in [0.1, 0.15) is 41.3 Å². The molecule has 2 fully saturated rings. The van der Waals surface area contributed by atoms with Crippen LogP contribution in [0.5, 0.6) is 11.6 Å². The summed E-state index contributed by atoms with van der Waals surface area (Å²) in [6.07, 6.45) is 4.30. The van der Waals surface area contributed by atoms with Crippen molar-refractivity contribution >= 4 is 28.6 Å². The van der Waals surface area contributed by atoms with Gasteiger partial charge in [0, 0.05) is 37.0 Å². The van der Waals surface area contributed by atoms with Gasteiger partial charge in [0.25, 0.3) is 0 Å². The number of carbonyl (C=O) groups is 1. The highest BCUT2D eigenvalue weighted by Gasteiger charge is 2.26. The van der Waals surface area contributed by atoms with Crippen molar-refractivity contribution in [3.63, 3.8) is 0 Å². The second-order valence-electron chi connectivity index (χ2n) is 10.2. The molecular formula is C29H29ClFN5O5. The lowest BCUT2D eigenvalue weighted by Gasteiger charge is -2.32. The van der Waals surface area contributed by atoms with E-state index in [0.29, 0.717) is 29.8 Å². The summed E-state index contributed by atoms with van der Waals surface area (Å²) in [5.41, 5.74) is 1.84. The number of likely N-dealkylation sites (tertiary alicyclic amines) is 1. The van der Waals surface area contributed by atoms with E-state index in [1.165, 1.54) is 12.1 Å². The van der Waals surface area contributed by atoms with Gasteiger partial charge in [-0.25, -0.2) is 19.2 Å². The van der Waals surface area contributed by atoms with Crippen LogP contribution in [0.15, 0.2) is 48.7 Å². The van der Waals surface area contributed by atoms with Crippen molar-refractivity contribution in [2.24, 2.45) is 0 Å². The van der Waals surface area contributed by atoms with E-state index in [4.69, 9.17) is 30.8 Å². The molecule has 4 aromatic rings. The average Bonchev–Trinajstić information content (AvgIpc) is 3.27. The third-order valence-corrected chi connectivity index (χ3v) is 7.61. The van der Waals surface area contributed by atoms with E-state index >= 15 is 0 Å². The van der Waals surface area contributed by atoms with Gasteiger partial charge < -0.3 is 23.9 Å². The largest absolute Gasteiger partial charge is 0.483 e. The molecule has 10 nitrogen and oxygen atoms in total. The fourth-order valence-corrected chi connectivity index (χ4v) is 5.23. The Kier molecular flexibility index (Phi) is 8.00. The monoisotopic (exact) mass is 581 g/mol. The number of piperidine rings is 1. The standard InChI is InChI=1S/C29H29ClFN5O5/c30-19-2-4-25(22(31)14-19)40-17-26-32-9-5-28(34-26)41-20-6-10-35(11-7-20)16-27-33-23-3-1-18(29(37)38)13-24(23)36(27)15-21-8-12-39-21/h1-5,9,13-14,20-21H,6-8,10-12,15-17H2,(H,37,38)/t21-/m0/s1. The van der Waals surface area contributed by atoms with Crippen LogP contribution in [0.4, 0.5) is 4.39 Å². The van der Waals surface area contributed by atoms with E-state index in [2.05, 4.69) is 19.4 Å². The molecule has 2 aromatic carbocycles. The maximum absolute atomic E-state index is 14.0. The molecule has 1 atom stereocenters. The number of carboxylic acids is 1. The van der Waals surface area contributed by atoms with Crippen molar-refractivity contribution in [2.45, 2.75) is 51.2 Å². The van der Waals surface area contributed by atoms with Gasteiger partial charge in [0.15, 0.2) is 17.4 Å². The first-order valence-corrected chi connectivity index (χ1v) is 13.9. The highest BCUT2D eigenvalue weighted by atomic mass is 35.5. The van der Waals surface area contributed by atoms with Crippen LogP contribution in [0.2, 0.25) is 5.02 Å². The number of hydrogen-bond acceptors (Lipinski definition) is 8. The number of ether oxygens (including phenoxy) is 3. The predicted octanol–water partition coefficient (Wildman–Crippen LogP) is 4.73. The number of carboxylic acid groups (broad SMARTS) is 1. The summed E-state index contributed by atoms with van der Waals surface area (Å²) in [5, 5.41) is 9.77. The number of nitrogens with zero attached hydrogens (tertiary/aromatic N) is 5. The van der Waals surface area contributed by atoms with Gasteiger partial charge in [0.2, 0.25) is 5.88 Å². The van der Waals surface area contributed by atoms with Gasteiger partial charge in [-0.05, 0) is 55.7 Å². The second-order valence-corrected chi connectivity index (χ2v) is 10.6. The third-order valence-electron chi connectivity index (χ3n) is 7.37. The Bertz CT molecular complexity index is 1550. The molecule has 0 aliphatic carbocycles. The summed E-state index contributed by atoms with van der Waals surface area (Å²) in [5.74, 6) is 0.304. The van der Waals surface area contributed by atoms with Gasteiger partial charge in [-0.2, -0.15) is 4.98 Å². The first-order chi connectivity index (χ1) is 19.9. The number of halogens is 2. The Morgan fingerprint density at radius 1 is 1.12 bits per heavy atom. The van der Waals surface area contributed by atoms with Crippen molar-refractivity contribution < 1.29 is 28.5 Å². The normalized spacial score (nSPS) is 17.9. The van der Waals surface area contributed by atoms with Crippen LogP contribution in [0.3, 0.4) is 0 Å². The van der Waals surface area contributed by atoms with E-state index in [9.17, 15) is 14.3 Å². The third kappa shape index (κ3) is 6.42. The Morgan fingerprint density at radius 2 is 1.95 bits per heavy atom. The van der Waals surface area contributed by atoms with Gasteiger partial charge in [-0.3, -0.25) is 4.90 Å². The fraction of sp³-hybridized carbons (Fsp3) is 0.379. The van der Waals surface area contributed by atoms with E-state index in [1.807, 2.05) is 0 Å². The molecule has 214 valence electrons. The molecule has 2 aliphatic rings. The van der Waals surface area contributed by atoms with Crippen LogP contribution >= 0.6 is 11.6 Å². The summed E-state index contributed by atoms with van der Waals surface area (Å²) in [7, 11) is 0. The molecule has 0 radical (unpaired) electrons. The molecule has 0 bridgehead atoms. The van der Waals surface area contributed by atoms with Gasteiger partial charge in [-0.1, -0.05) is 11.6 Å². The summed E-state index contributed by atoms with van der Waals surface area (Å²) < 4.78 is 33.4. The highest BCUT2D eigenvalue weighted by Crippen LogP contribution is 2.25. The van der Waals surface area contributed by atoms with Gasteiger partial charge in [0.05, 0.1) is 35.8 Å². The number of fused-ring (bicyclic) bond motifs is 1. The van der Waals surface area contributed by atoms with Gasteiger partial charge in [-0.15, -0.1) is 0 Å². The minimum Gasteiger partial charge on any atom is -0.483 e. The average molecular weight is 582 g/mol. The van der Waals surface area contributed by atoms with Crippen molar-refractivity contribution in [1.29, 1.82) is 0 Å². The van der Waals surface area contributed by atoms with E-state index in [1.54, 1.807) is 36.5 Å². The maximum atomic E-state index is 14.0. The number of hydrogen-bond donors (Lipinski definition) is 1. The molecule has 12 heteroatoms. The van der Waals surface area contributed by atoms with Crippen molar-refractivity contribution in [2.75, 3.05) is 19.7 Å². The molecule has 1 N–H and O–H groups in total. The Balaban J connectivity index is 1.06. The quantitative estimate of drug-likeness (QED) is 0.284. The van der Waals surface area contributed by atoms with Gasteiger partial charge in [0.1, 0.15) is 18.5 Å². The zero-order valence-corrected chi connectivity index (χ0v) is 23.0. The number of aromatic carboxylic acids is 1. The fourth-order valence-electron chi connectivity index (χ4n) is 5.07. The zero-order chi connectivity index (χ0) is 28.3. The van der Waals surface area contributed by atoms with Crippen molar-refractivity contribution in [3.8, 4) is 11.6 Å². The number of imidazole rings is 1. The lowest BCUT2D eigenvalue weighted by Crippen LogP contribution is -2.39. The minimum atomic E-state index is -0.957. The topological polar surface area (TPSA) is 112 Å². The molecule has 0 spiro atoms. The van der Waals surface area contributed by atoms with Gasteiger partial charge >= 0.3 is 5.97 Å². The Hall–Kier alpha value is -3.80. The molecule has 2 saturated heterocycles. The molecule has 6 rings (SSSR count). The smallest absolute Gasteiger partial charge is 0.335 e. The van der Waals surface area contributed by atoms with Crippen LogP contribution in [-0.2, 0) is 24.4 Å². The molecule has 2 aromatic heterocycles. The van der Waals surface area contributed by atoms with Crippen molar-refractivity contribution in [1.82, 2.24) is 24.4 Å². The van der Waals surface area contributed by atoms with E-state index in [-0.39, 0.29) is 30.1 Å². The summed E-state index contributed by atoms with van der Waals surface area (Å²) in [4.78, 5) is 27.4. The first kappa shape index (κ1) is 27.4. The molecule has 41 heavy (non-hydrogen) atoms. The summed E-state index contributed by atoms with van der Waals surface area (Å²) in [6, 6.07) is 11.0. The van der Waals surface area contributed by atoms with Crippen LogP contribution in [0, 0.1) is 5.82 Å². The number of benzene rings is 2. The van der Waals surface area contributed by atoms with Crippen LogP contribution < -0.4 is 9.47 Å². The molecule has 0 unspecified atom stereocenters. The summed E-state index contributed by atoms with van der Waals surface area (Å²) >= 11 is 5.79. The van der Waals surface area contributed by atoms with E-state index < -0.39 is 11.8 Å². The molecule has 4 heterocycles. The molecular weight excluding hydrogens is 553 g/mol. The first-order valence-electron chi connectivity index (χ1n) is 13.5. The Morgan fingerprint density at radius 3 is 2.68 bits per heavy atom. The van der Waals surface area contributed by atoms with E-state index in [0.717, 1.165) is 55.8 Å². The van der Waals surface area contributed by atoms with Crippen LogP contribution in [-0.4, -0.2) is 67.4 Å². The lowest BCUT2D eigenvalue weighted by molar-refractivity contribution is -0.0592. The zero-order valence-electron chi connectivity index (χ0n) is 22.2. The number of aromatic nitrogens is 4. The van der Waals surface area contributed by atoms with Crippen molar-refractivity contribution in [3.05, 3.63) is 76.7 Å². The molecule has 2 aliphatic heterocycles. The second kappa shape index (κ2) is 12.0. The Labute approximate surface area is 240 Å². The molecule has 0 saturated carbocycles. The maximum Gasteiger partial charge on any atom is 0.335 e. The molecule has 0 amide bonds. The number of rotatable bonds is 10. The highest BCUT2D eigenvalue weighted by molar-refractivity contribution is 6.30. The predicted molar refractivity (Wildman–Crippen MR) is 148 cm³/mol. The SMILES string of the molecule is O=C(O)c1ccc2nc(CN3CCC(Oc4ccnc(COc5ccc(Cl)cc5F)n4)CC3)n(C[C@@H]3CCO3)c2c1.